The molecule has 0 radical (unpaired) electrons. The van der Waals surface area contributed by atoms with E-state index in [1.807, 2.05) is 48.5 Å². The molecule has 5 nitrogen and oxygen atoms in total. The van der Waals surface area contributed by atoms with Crippen LogP contribution >= 0.6 is 15.9 Å². The van der Waals surface area contributed by atoms with Gasteiger partial charge in [0.15, 0.2) is 5.58 Å². The predicted octanol–water partition coefficient (Wildman–Crippen LogP) is 4.31. The molecule has 0 spiro atoms. The van der Waals surface area contributed by atoms with Gasteiger partial charge in [0, 0.05) is 24.0 Å². The number of rotatable bonds is 6. The summed E-state index contributed by atoms with van der Waals surface area (Å²) in [6.45, 7) is 1.53. The Bertz CT molecular complexity index is 907. The normalized spacial score (nSPS) is 16.8. The van der Waals surface area contributed by atoms with E-state index in [1.165, 1.54) is 0 Å². The van der Waals surface area contributed by atoms with E-state index in [0.717, 1.165) is 46.9 Å². The first kappa shape index (κ1) is 18.0. The molecule has 1 amide bonds. The number of aromatic nitrogens is 1. The summed E-state index contributed by atoms with van der Waals surface area (Å²) in [5, 5.41) is 3.08. The summed E-state index contributed by atoms with van der Waals surface area (Å²) in [6.07, 6.45) is 3.32. The van der Waals surface area contributed by atoms with Crippen LogP contribution in [0.15, 0.2) is 57.4 Å². The lowest BCUT2D eigenvalue weighted by Crippen LogP contribution is -2.40. The second kappa shape index (κ2) is 8.13. The van der Waals surface area contributed by atoms with Gasteiger partial charge in [0.1, 0.15) is 5.52 Å². The van der Waals surface area contributed by atoms with Gasteiger partial charge in [-0.3, -0.25) is 4.79 Å². The van der Waals surface area contributed by atoms with E-state index < -0.39 is 0 Å². The number of aryl methyl sites for hydroxylation is 1. The van der Waals surface area contributed by atoms with Gasteiger partial charge in [-0.2, -0.15) is 4.98 Å². The molecule has 1 N–H and O–H groups in total. The van der Waals surface area contributed by atoms with Crippen LogP contribution in [0.4, 0.5) is 6.01 Å². The number of benzene rings is 2. The van der Waals surface area contributed by atoms with Gasteiger partial charge in [-0.25, -0.2) is 0 Å². The highest BCUT2D eigenvalue weighted by Gasteiger charge is 2.28. The molecule has 1 aliphatic rings. The lowest BCUT2D eigenvalue weighted by molar-refractivity contribution is -0.121. The second-order valence-electron chi connectivity index (χ2n) is 6.85. The van der Waals surface area contributed by atoms with Crippen LogP contribution in [0.25, 0.3) is 11.1 Å². The molecule has 0 aliphatic carbocycles. The SMILES string of the molecule is O=C(CCc1ccccc1Br)NCC1CCCN1c1nc2ccccc2o1. The maximum atomic E-state index is 12.3. The Morgan fingerprint density at radius 2 is 2.04 bits per heavy atom. The molecule has 0 saturated carbocycles. The summed E-state index contributed by atoms with van der Waals surface area (Å²) in [5.41, 5.74) is 2.83. The third kappa shape index (κ3) is 4.16. The number of nitrogens with zero attached hydrogens (tertiary/aromatic N) is 2. The number of para-hydroxylation sites is 2. The van der Waals surface area contributed by atoms with Crippen LogP contribution in [0.2, 0.25) is 0 Å². The van der Waals surface area contributed by atoms with Crippen LogP contribution in [0.3, 0.4) is 0 Å². The van der Waals surface area contributed by atoms with Crippen molar-refractivity contribution in [2.45, 2.75) is 31.7 Å². The number of fused-ring (bicyclic) bond motifs is 1. The Balaban J connectivity index is 1.33. The average molecular weight is 428 g/mol. The first-order chi connectivity index (χ1) is 13.2. The highest BCUT2D eigenvalue weighted by atomic mass is 79.9. The number of anilines is 1. The Morgan fingerprint density at radius 3 is 2.89 bits per heavy atom. The van der Waals surface area contributed by atoms with Crippen molar-refractivity contribution in [2.75, 3.05) is 18.0 Å². The quantitative estimate of drug-likeness (QED) is 0.636. The van der Waals surface area contributed by atoms with Crippen molar-refractivity contribution in [3.8, 4) is 0 Å². The minimum atomic E-state index is 0.0789. The largest absolute Gasteiger partial charge is 0.423 e. The fourth-order valence-electron chi connectivity index (χ4n) is 3.55. The van der Waals surface area contributed by atoms with Gasteiger partial charge in [0.25, 0.3) is 6.01 Å². The fraction of sp³-hybridized carbons (Fsp3) is 0.333. The van der Waals surface area contributed by atoms with Crippen molar-refractivity contribution >= 4 is 39.0 Å². The zero-order valence-electron chi connectivity index (χ0n) is 15.0. The second-order valence-corrected chi connectivity index (χ2v) is 7.70. The van der Waals surface area contributed by atoms with Gasteiger partial charge in [0.2, 0.25) is 5.91 Å². The first-order valence-electron chi connectivity index (χ1n) is 9.33. The molecule has 27 heavy (non-hydrogen) atoms. The number of hydrogen-bond donors (Lipinski definition) is 1. The van der Waals surface area contributed by atoms with E-state index in [2.05, 4.69) is 31.1 Å². The number of nitrogens with one attached hydrogen (secondary N) is 1. The topological polar surface area (TPSA) is 58.4 Å². The molecule has 2 heterocycles. The average Bonchev–Trinajstić information content (AvgIpc) is 3.31. The van der Waals surface area contributed by atoms with E-state index >= 15 is 0 Å². The van der Waals surface area contributed by atoms with Crippen molar-refractivity contribution in [3.05, 3.63) is 58.6 Å². The van der Waals surface area contributed by atoms with Crippen molar-refractivity contribution in [2.24, 2.45) is 0 Å². The molecule has 1 unspecified atom stereocenters. The minimum Gasteiger partial charge on any atom is -0.423 e. The summed E-state index contributed by atoms with van der Waals surface area (Å²) in [7, 11) is 0. The smallest absolute Gasteiger partial charge is 0.298 e. The number of halogens is 1. The van der Waals surface area contributed by atoms with Crippen LogP contribution in [0.1, 0.15) is 24.8 Å². The van der Waals surface area contributed by atoms with Crippen LogP contribution in [0, 0.1) is 0 Å². The highest BCUT2D eigenvalue weighted by molar-refractivity contribution is 9.10. The number of hydrogen-bond acceptors (Lipinski definition) is 4. The number of amides is 1. The minimum absolute atomic E-state index is 0.0789. The van der Waals surface area contributed by atoms with Crippen LogP contribution in [-0.4, -0.2) is 30.0 Å². The van der Waals surface area contributed by atoms with E-state index in [4.69, 9.17) is 4.42 Å². The molecule has 1 saturated heterocycles. The maximum Gasteiger partial charge on any atom is 0.298 e. The van der Waals surface area contributed by atoms with Gasteiger partial charge in [0.05, 0.1) is 6.04 Å². The standard InChI is InChI=1S/C21H22BrN3O2/c22-17-8-2-1-6-15(17)11-12-20(26)23-14-16-7-5-13-25(16)21-24-18-9-3-4-10-19(18)27-21/h1-4,6,8-10,16H,5,7,11-14H2,(H,23,26). The lowest BCUT2D eigenvalue weighted by Gasteiger charge is -2.23. The Labute approximate surface area is 166 Å². The summed E-state index contributed by atoms with van der Waals surface area (Å²) < 4.78 is 6.96. The van der Waals surface area contributed by atoms with Gasteiger partial charge < -0.3 is 14.6 Å². The van der Waals surface area contributed by atoms with Gasteiger partial charge >= 0.3 is 0 Å². The third-order valence-electron chi connectivity index (χ3n) is 5.02. The van der Waals surface area contributed by atoms with Crippen LogP contribution in [0.5, 0.6) is 0 Å². The molecule has 6 heteroatoms. The van der Waals surface area contributed by atoms with Crippen molar-refractivity contribution in [3.63, 3.8) is 0 Å². The first-order valence-corrected chi connectivity index (χ1v) is 10.1. The maximum absolute atomic E-state index is 12.3. The zero-order chi connectivity index (χ0) is 18.6. The van der Waals surface area contributed by atoms with Gasteiger partial charge in [-0.15, -0.1) is 0 Å². The summed E-state index contributed by atoms with van der Waals surface area (Å²) in [4.78, 5) is 19.1. The molecule has 1 aliphatic heterocycles. The summed E-state index contributed by atoms with van der Waals surface area (Å²) >= 11 is 3.53. The lowest BCUT2D eigenvalue weighted by atomic mass is 10.1. The van der Waals surface area contributed by atoms with Gasteiger partial charge in [-0.1, -0.05) is 46.3 Å². The Kier molecular flexibility index (Phi) is 5.43. The predicted molar refractivity (Wildman–Crippen MR) is 110 cm³/mol. The summed E-state index contributed by atoms with van der Waals surface area (Å²) in [5.74, 6) is 0.0789. The van der Waals surface area contributed by atoms with Crippen molar-refractivity contribution in [1.82, 2.24) is 10.3 Å². The van der Waals surface area contributed by atoms with Crippen LogP contribution < -0.4 is 10.2 Å². The monoisotopic (exact) mass is 427 g/mol. The third-order valence-corrected chi connectivity index (χ3v) is 5.79. The number of carbonyl (C=O) groups excluding carboxylic acids is 1. The Hall–Kier alpha value is -2.34. The van der Waals surface area contributed by atoms with Crippen LogP contribution in [-0.2, 0) is 11.2 Å². The number of oxazole rings is 1. The van der Waals surface area contributed by atoms with Crippen molar-refractivity contribution in [1.29, 1.82) is 0 Å². The molecule has 0 bridgehead atoms. The highest BCUT2D eigenvalue weighted by Crippen LogP contribution is 2.28. The molecule has 2 aromatic carbocycles. The fourth-order valence-corrected chi connectivity index (χ4v) is 4.04. The molecule has 1 fully saturated rings. The molecular weight excluding hydrogens is 406 g/mol. The Morgan fingerprint density at radius 1 is 1.22 bits per heavy atom. The van der Waals surface area contributed by atoms with E-state index in [-0.39, 0.29) is 11.9 Å². The van der Waals surface area contributed by atoms with Crippen molar-refractivity contribution < 1.29 is 9.21 Å². The molecule has 1 atom stereocenters. The molecule has 3 aromatic rings. The molecule has 1 aromatic heterocycles. The van der Waals surface area contributed by atoms with E-state index in [9.17, 15) is 4.79 Å². The van der Waals surface area contributed by atoms with E-state index in [1.54, 1.807) is 0 Å². The molecule has 4 rings (SSSR count). The molecular formula is C21H22BrN3O2. The van der Waals surface area contributed by atoms with E-state index in [0.29, 0.717) is 19.0 Å². The zero-order valence-corrected chi connectivity index (χ0v) is 16.6. The summed E-state index contributed by atoms with van der Waals surface area (Å²) in [6, 6.07) is 16.7. The molecule has 140 valence electrons. The number of carbonyl (C=O) groups is 1. The van der Waals surface area contributed by atoms with Gasteiger partial charge in [-0.05, 0) is 43.0 Å².